The average Bonchev–Trinajstić information content (AvgIpc) is 4.00. The summed E-state index contributed by atoms with van der Waals surface area (Å²) in [6.07, 6.45) is 5.81. The Hall–Kier alpha value is -6.14. The molecule has 314 valence electrons. The maximum atomic E-state index is 2.78. The van der Waals surface area contributed by atoms with E-state index in [1.165, 1.54) is 155 Å². The van der Waals surface area contributed by atoms with Gasteiger partial charge in [-0.2, -0.15) is 0 Å². The van der Waals surface area contributed by atoms with E-state index in [4.69, 9.17) is 0 Å². The lowest BCUT2D eigenvalue weighted by Gasteiger charge is -2.42. The fourth-order valence-electron chi connectivity index (χ4n) is 12.3. The number of aromatic nitrogens is 1. The Labute approximate surface area is 388 Å². The van der Waals surface area contributed by atoms with Crippen molar-refractivity contribution in [2.45, 2.75) is 77.6 Å². The summed E-state index contributed by atoms with van der Waals surface area (Å²) in [5.41, 5.74) is 17.9. The third kappa shape index (κ3) is 5.23. The Kier molecular flexibility index (Phi) is 7.91. The maximum absolute atomic E-state index is 2.78. The molecule has 0 saturated heterocycles. The molecule has 0 unspecified atom stereocenters. The number of hydrogen-bond donors (Lipinski definition) is 0. The van der Waals surface area contributed by atoms with Gasteiger partial charge in [-0.3, -0.25) is 0 Å². The number of para-hydroxylation sites is 1. The summed E-state index contributed by atoms with van der Waals surface area (Å²) in [5.74, 6) is 0. The fourth-order valence-corrected chi connectivity index (χ4v) is 14.9. The minimum Gasteiger partial charge on any atom is -0.375 e. The van der Waals surface area contributed by atoms with E-state index in [1.54, 1.807) is 0 Å². The Balaban J connectivity index is 1.19. The number of thiophene rings is 2. The summed E-state index contributed by atoms with van der Waals surface area (Å²) >= 11 is 4.03. The molecule has 0 radical (unpaired) electrons. The van der Waals surface area contributed by atoms with E-state index >= 15 is 0 Å². The number of benzene rings is 8. The van der Waals surface area contributed by atoms with E-state index in [2.05, 4.69) is 201 Å². The van der Waals surface area contributed by atoms with Crippen LogP contribution in [0.5, 0.6) is 0 Å². The van der Waals surface area contributed by atoms with Crippen molar-refractivity contribution in [3.05, 3.63) is 162 Å². The molecule has 0 bridgehead atoms. The fraction of sp³-hybridized carbons (Fsp3) is 0.200. The number of fused-ring (bicyclic) bond motifs is 15. The monoisotopic (exact) mass is 872 g/mol. The van der Waals surface area contributed by atoms with Gasteiger partial charge in [0, 0.05) is 79.2 Å². The molecule has 2 nitrogen and oxygen atoms in total. The molecule has 3 aromatic heterocycles. The third-order valence-corrected chi connectivity index (χ3v) is 18.2. The molecule has 0 saturated carbocycles. The van der Waals surface area contributed by atoms with Crippen LogP contribution in [0, 0.1) is 0 Å². The molecular formula is C60H49BN2S2. The van der Waals surface area contributed by atoms with Gasteiger partial charge in [0.1, 0.15) is 0 Å². The standard InChI is InChI=1S/C60H49BN2S2/c1-6-7-16-35-25-26-48(42(29-35)36-17-9-8-10-18-36)62-50-33-44-39-21-13-14-24-51(39)64-57(44)53-41-23-15-22-40-43-30-37-19-11-12-20-38(37)31-49(43)63(55(40)41)61(54(50)53)58-56(62)45-32-46-47(34-52(45)65-58)60(4,5)28-27-59(46,2)3/h8-15,17-26,29-34H,6-7,16,27-28H2,1-5H3. The van der Waals surface area contributed by atoms with Crippen molar-refractivity contribution in [1.82, 2.24) is 4.48 Å². The number of aryl methyl sites for hydroxylation is 1. The predicted octanol–water partition coefficient (Wildman–Crippen LogP) is 16.3. The molecule has 2 aliphatic heterocycles. The average molecular weight is 873 g/mol. The number of rotatable bonds is 5. The second-order valence-electron chi connectivity index (χ2n) is 20.5. The van der Waals surface area contributed by atoms with Crippen LogP contribution in [0.3, 0.4) is 0 Å². The highest BCUT2D eigenvalue weighted by molar-refractivity contribution is 7.32. The lowest BCUT2D eigenvalue weighted by molar-refractivity contribution is 0.332. The summed E-state index contributed by atoms with van der Waals surface area (Å²) in [5, 5.41) is 9.31. The third-order valence-electron chi connectivity index (χ3n) is 15.8. The largest absolute Gasteiger partial charge is 0.375 e. The molecule has 14 rings (SSSR count). The highest BCUT2D eigenvalue weighted by Crippen LogP contribution is 2.56. The van der Waals surface area contributed by atoms with E-state index in [-0.39, 0.29) is 17.7 Å². The van der Waals surface area contributed by atoms with E-state index in [9.17, 15) is 0 Å². The SMILES string of the molecule is CCCCc1ccc(N2c3cc4c(sc5ccccc54)c4c3B(c3sc5cc6c(cc5c32)C(C)(C)CCC6(C)C)n2c3cc5ccccc5cc3c3cccc-4c32)c(-c2ccccc2)c1. The van der Waals surface area contributed by atoms with E-state index < -0.39 is 0 Å². The van der Waals surface area contributed by atoms with Gasteiger partial charge in [0.2, 0.25) is 0 Å². The zero-order valence-electron chi connectivity index (χ0n) is 37.7. The predicted molar refractivity (Wildman–Crippen MR) is 285 cm³/mol. The lowest BCUT2D eigenvalue weighted by atomic mass is 9.48. The lowest BCUT2D eigenvalue weighted by Crippen LogP contribution is -2.55. The Morgan fingerprint density at radius 1 is 0.585 bits per heavy atom. The van der Waals surface area contributed by atoms with Crippen molar-refractivity contribution in [3.8, 4) is 22.3 Å². The van der Waals surface area contributed by atoms with Crippen molar-refractivity contribution in [3.63, 3.8) is 0 Å². The van der Waals surface area contributed by atoms with Gasteiger partial charge < -0.3 is 9.38 Å². The zero-order valence-corrected chi connectivity index (χ0v) is 39.3. The van der Waals surface area contributed by atoms with Crippen LogP contribution in [0.4, 0.5) is 17.1 Å². The minimum absolute atomic E-state index is 0.0172. The van der Waals surface area contributed by atoms with E-state index in [0.29, 0.717) is 0 Å². The second kappa shape index (κ2) is 13.5. The van der Waals surface area contributed by atoms with Gasteiger partial charge in [-0.15, -0.1) is 22.7 Å². The topological polar surface area (TPSA) is 8.17 Å². The van der Waals surface area contributed by atoms with Crippen LogP contribution in [0.1, 0.15) is 77.0 Å². The molecule has 5 heterocycles. The Morgan fingerprint density at radius 2 is 1.32 bits per heavy atom. The number of unbranched alkanes of at least 4 members (excludes halogenated alkanes) is 1. The van der Waals surface area contributed by atoms with Crippen LogP contribution >= 0.6 is 22.7 Å². The minimum atomic E-state index is -0.0172. The van der Waals surface area contributed by atoms with Gasteiger partial charge in [-0.25, -0.2) is 0 Å². The number of nitrogens with zero attached hydrogens (tertiary/aromatic N) is 2. The van der Waals surface area contributed by atoms with Crippen molar-refractivity contribution in [2.75, 3.05) is 4.90 Å². The first-order chi connectivity index (χ1) is 31.7. The molecule has 0 spiro atoms. The maximum Gasteiger partial charge on any atom is 0.343 e. The first-order valence-electron chi connectivity index (χ1n) is 23.7. The molecule has 8 aromatic carbocycles. The van der Waals surface area contributed by atoms with Crippen LogP contribution in [-0.4, -0.2) is 11.3 Å². The van der Waals surface area contributed by atoms with E-state index in [0.717, 1.165) is 6.42 Å². The second-order valence-corrected chi connectivity index (χ2v) is 22.6. The van der Waals surface area contributed by atoms with E-state index in [1.807, 2.05) is 11.3 Å². The molecule has 65 heavy (non-hydrogen) atoms. The summed E-state index contributed by atoms with van der Waals surface area (Å²) in [4.78, 5) is 2.75. The Morgan fingerprint density at radius 3 is 2.14 bits per heavy atom. The van der Waals surface area contributed by atoms with Gasteiger partial charge in [-0.1, -0.05) is 138 Å². The van der Waals surface area contributed by atoms with Crippen molar-refractivity contribution in [1.29, 1.82) is 0 Å². The zero-order chi connectivity index (χ0) is 43.5. The molecule has 3 aliphatic rings. The molecule has 0 amide bonds. The van der Waals surface area contributed by atoms with Gasteiger partial charge in [0.15, 0.2) is 0 Å². The highest BCUT2D eigenvalue weighted by Gasteiger charge is 2.47. The van der Waals surface area contributed by atoms with Crippen LogP contribution in [0.2, 0.25) is 0 Å². The van der Waals surface area contributed by atoms with Crippen LogP contribution < -0.4 is 15.1 Å². The van der Waals surface area contributed by atoms with Crippen LogP contribution in [-0.2, 0) is 17.3 Å². The van der Waals surface area contributed by atoms with Crippen molar-refractivity contribution >= 4 is 120 Å². The first-order valence-corrected chi connectivity index (χ1v) is 25.4. The van der Waals surface area contributed by atoms with Crippen molar-refractivity contribution in [2.24, 2.45) is 0 Å². The molecule has 1 aliphatic carbocycles. The summed E-state index contributed by atoms with van der Waals surface area (Å²) in [6, 6.07) is 56.6. The molecule has 11 aromatic rings. The summed E-state index contributed by atoms with van der Waals surface area (Å²) in [6.45, 7) is 12.2. The molecule has 5 heteroatoms. The first kappa shape index (κ1) is 38.2. The number of hydrogen-bond acceptors (Lipinski definition) is 3. The number of anilines is 3. The smallest absolute Gasteiger partial charge is 0.343 e. The highest BCUT2D eigenvalue weighted by atomic mass is 32.1. The molecule has 0 fully saturated rings. The summed E-state index contributed by atoms with van der Waals surface area (Å²) < 4.78 is 8.34. The van der Waals surface area contributed by atoms with Crippen LogP contribution in [0.25, 0.3) is 85.1 Å². The van der Waals surface area contributed by atoms with Crippen molar-refractivity contribution < 1.29 is 0 Å². The Bertz CT molecular complexity index is 3840. The molecule has 0 atom stereocenters. The molecule has 0 N–H and O–H groups in total. The quantitative estimate of drug-likeness (QED) is 0.156. The van der Waals surface area contributed by atoms with Crippen LogP contribution in [0.15, 0.2) is 146 Å². The molecular weight excluding hydrogens is 824 g/mol. The van der Waals surface area contributed by atoms with Gasteiger partial charge in [0.25, 0.3) is 0 Å². The normalized spacial score (nSPS) is 15.7. The summed E-state index contributed by atoms with van der Waals surface area (Å²) in [7, 11) is 0. The van der Waals surface area contributed by atoms with Gasteiger partial charge >= 0.3 is 6.85 Å². The van der Waals surface area contributed by atoms with Gasteiger partial charge in [0.05, 0.1) is 11.4 Å². The van der Waals surface area contributed by atoms with Gasteiger partial charge in [-0.05, 0) is 124 Å².